The van der Waals surface area contributed by atoms with Gasteiger partial charge < -0.3 is 19.7 Å². The molecule has 0 bridgehead atoms. The second kappa shape index (κ2) is 7.50. The van der Waals surface area contributed by atoms with E-state index < -0.39 is 10.8 Å². The number of hydroxylamine groups is 6. The Kier molecular flexibility index (Phi) is 5.35. The second-order valence-electron chi connectivity index (χ2n) is 7.96. The van der Waals surface area contributed by atoms with Crippen LogP contribution in [0.4, 0.5) is 11.4 Å². The van der Waals surface area contributed by atoms with Crippen molar-refractivity contribution >= 4 is 33.8 Å². The van der Waals surface area contributed by atoms with E-state index in [0.29, 0.717) is 50.7 Å². The maximum Gasteiger partial charge on any atom is 0.154 e. The smallest absolute Gasteiger partial charge is 0.154 e. The number of nitrogens with one attached hydrogen (secondary N) is 1. The zero-order valence-corrected chi connectivity index (χ0v) is 17.5. The molecule has 2 aromatic rings. The Labute approximate surface area is 172 Å². The first-order valence-electron chi connectivity index (χ1n) is 9.58. The van der Waals surface area contributed by atoms with Crippen molar-refractivity contribution in [3.8, 4) is 0 Å². The lowest BCUT2D eigenvalue weighted by atomic mass is 10.2. The minimum atomic E-state index is -1.23. The monoisotopic (exact) mass is 422 g/mol. The highest BCUT2D eigenvalue weighted by Gasteiger charge is 2.34. The summed E-state index contributed by atoms with van der Waals surface area (Å²) in [5.74, 6) is 0. The Hall–Kier alpha value is -1.32. The van der Waals surface area contributed by atoms with E-state index in [4.69, 9.17) is 11.6 Å². The predicted molar refractivity (Wildman–Crippen MR) is 110 cm³/mol. The maximum atomic E-state index is 13.0. The van der Waals surface area contributed by atoms with Crippen LogP contribution in [0.1, 0.15) is 6.42 Å². The normalized spacial score (nSPS) is 31.9. The molecular weight excluding hydrogens is 398 g/mol. The molecule has 2 heterocycles. The summed E-state index contributed by atoms with van der Waals surface area (Å²) >= 11 is 6.22. The minimum absolute atomic E-state index is 0.292. The van der Waals surface area contributed by atoms with Crippen molar-refractivity contribution in [2.75, 3.05) is 46.3 Å². The summed E-state index contributed by atoms with van der Waals surface area (Å²) in [4.78, 5) is 2.69. The number of quaternary nitrogens is 3. The third-order valence-corrected chi connectivity index (χ3v) is 7.58. The largest absolute Gasteiger partial charge is 0.633 e. The van der Waals surface area contributed by atoms with Crippen LogP contribution in [0.25, 0.3) is 0 Å². The van der Waals surface area contributed by atoms with Crippen LogP contribution in [0, 0.1) is 10.4 Å². The fourth-order valence-electron chi connectivity index (χ4n) is 4.09. The SMILES string of the molecule is C[N+]1([O-])CC[N+]([O-])(CCC[NH+]2c3ccccc3S(=O)c3ccc(Cl)cc32)CC1. The molecule has 0 aliphatic carbocycles. The summed E-state index contributed by atoms with van der Waals surface area (Å²) in [6, 6.07) is 13.2. The number of hydrogen-bond acceptors (Lipinski definition) is 3. The molecule has 4 rings (SSSR count). The van der Waals surface area contributed by atoms with Gasteiger partial charge in [0.25, 0.3) is 0 Å². The average molecular weight is 423 g/mol. The van der Waals surface area contributed by atoms with E-state index in [0.717, 1.165) is 26.1 Å². The molecule has 2 aliphatic rings. The molecule has 1 fully saturated rings. The van der Waals surface area contributed by atoms with Gasteiger partial charge in [0.2, 0.25) is 0 Å². The van der Waals surface area contributed by atoms with Crippen LogP contribution in [0.5, 0.6) is 0 Å². The highest BCUT2D eigenvalue weighted by atomic mass is 35.5. The summed E-state index contributed by atoms with van der Waals surface area (Å²) in [5, 5.41) is 25.6. The van der Waals surface area contributed by atoms with Gasteiger partial charge in [0, 0.05) is 23.6 Å². The lowest BCUT2D eigenvalue weighted by molar-refractivity contribution is -0.981. The van der Waals surface area contributed by atoms with Crippen LogP contribution < -0.4 is 4.90 Å². The van der Waals surface area contributed by atoms with E-state index in [-0.39, 0.29) is 9.29 Å². The third kappa shape index (κ3) is 3.89. The summed E-state index contributed by atoms with van der Waals surface area (Å²) in [6.07, 6.45) is 0.717. The fourth-order valence-corrected chi connectivity index (χ4v) is 5.66. The number of hydrogen-bond donors (Lipinski definition) is 1. The number of rotatable bonds is 4. The molecule has 2 atom stereocenters. The van der Waals surface area contributed by atoms with Crippen molar-refractivity contribution in [3.63, 3.8) is 0 Å². The molecule has 0 saturated carbocycles. The van der Waals surface area contributed by atoms with Crippen molar-refractivity contribution in [2.45, 2.75) is 16.2 Å². The van der Waals surface area contributed by atoms with Crippen LogP contribution in [-0.4, -0.2) is 59.8 Å². The topological polar surface area (TPSA) is 67.6 Å². The van der Waals surface area contributed by atoms with E-state index in [1.807, 2.05) is 36.4 Å². The molecule has 0 amide bonds. The molecule has 2 aliphatic heterocycles. The summed E-state index contributed by atoms with van der Waals surface area (Å²) < 4.78 is 12.4. The fraction of sp³-hybridized carbons (Fsp3) is 0.400. The van der Waals surface area contributed by atoms with Crippen LogP contribution >= 0.6 is 11.6 Å². The van der Waals surface area contributed by atoms with Crippen molar-refractivity contribution in [1.82, 2.24) is 0 Å². The van der Waals surface area contributed by atoms with Gasteiger partial charge in [-0.1, -0.05) is 23.7 Å². The molecule has 28 heavy (non-hydrogen) atoms. The van der Waals surface area contributed by atoms with Crippen LogP contribution in [0.15, 0.2) is 52.3 Å². The number of piperazine rings is 1. The quantitative estimate of drug-likeness (QED) is 0.607. The average Bonchev–Trinajstić information content (AvgIpc) is 2.67. The lowest BCUT2D eigenvalue weighted by Gasteiger charge is -2.52. The van der Waals surface area contributed by atoms with Crippen molar-refractivity contribution in [3.05, 3.63) is 57.9 Å². The van der Waals surface area contributed by atoms with E-state index >= 15 is 0 Å². The number of para-hydroxylation sites is 1. The van der Waals surface area contributed by atoms with Gasteiger partial charge >= 0.3 is 0 Å². The van der Waals surface area contributed by atoms with Gasteiger partial charge in [-0.05, 0) is 18.2 Å². The van der Waals surface area contributed by atoms with E-state index in [1.165, 1.54) is 0 Å². The number of halogens is 1. The Bertz CT molecular complexity index is 911. The summed E-state index contributed by atoms with van der Waals surface area (Å²) in [7, 11) is 0.410. The number of fused-ring (bicyclic) bond motifs is 2. The summed E-state index contributed by atoms with van der Waals surface area (Å²) in [6.45, 7) is 2.70. The minimum Gasteiger partial charge on any atom is -0.633 e. The van der Waals surface area contributed by atoms with Crippen molar-refractivity contribution < 1.29 is 18.4 Å². The standard InChI is InChI=1S/C20H24ClN3O3S/c1-23(25)11-13-24(26,14-12-23)10-4-9-22-17-5-2-3-6-19(17)28(27)20-8-7-16(21)15-18(20)22/h2-3,5-8,15H,4,9-14H2,1H3/p+1. The molecule has 0 aromatic heterocycles. The Balaban J connectivity index is 1.54. The van der Waals surface area contributed by atoms with Gasteiger partial charge in [-0.2, -0.15) is 0 Å². The highest BCUT2D eigenvalue weighted by Crippen LogP contribution is 2.33. The molecule has 1 N–H and O–H groups in total. The lowest BCUT2D eigenvalue weighted by Crippen LogP contribution is -3.03. The van der Waals surface area contributed by atoms with Gasteiger partial charge in [-0.3, -0.25) is 4.90 Å². The second-order valence-corrected chi connectivity index (χ2v) is 9.81. The van der Waals surface area contributed by atoms with E-state index in [9.17, 15) is 14.6 Å². The number of nitrogens with zero attached hydrogens (tertiary/aromatic N) is 2. The molecule has 150 valence electrons. The molecular formula is C20H25ClN3O3S+. The summed E-state index contributed by atoms with van der Waals surface area (Å²) in [5.41, 5.74) is 1.90. The van der Waals surface area contributed by atoms with Crippen LogP contribution in [0.3, 0.4) is 0 Å². The van der Waals surface area contributed by atoms with Crippen molar-refractivity contribution in [2.24, 2.45) is 0 Å². The molecule has 1 saturated heterocycles. The van der Waals surface area contributed by atoms with Gasteiger partial charge in [0.15, 0.2) is 11.4 Å². The zero-order chi connectivity index (χ0) is 19.9. The van der Waals surface area contributed by atoms with Crippen LogP contribution in [-0.2, 0) is 10.8 Å². The van der Waals surface area contributed by atoms with Gasteiger partial charge in [-0.25, -0.2) is 4.21 Å². The molecule has 2 aromatic carbocycles. The molecule has 0 radical (unpaired) electrons. The molecule has 2 unspecified atom stereocenters. The first-order valence-corrected chi connectivity index (χ1v) is 11.1. The molecule has 8 heteroatoms. The maximum absolute atomic E-state index is 13.0. The zero-order valence-electron chi connectivity index (χ0n) is 15.9. The van der Waals surface area contributed by atoms with E-state index in [2.05, 4.69) is 0 Å². The predicted octanol–water partition coefficient (Wildman–Crippen LogP) is 2.33. The van der Waals surface area contributed by atoms with Gasteiger partial charge in [0.05, 0.1) is 30.9 Å². The first kappa shape index (κ1) is 20.0. The van der Waals surface area contributed by atoms with E-state index in [1.54, 1.807) is 13.1 Å². The van der Waals surface area contributed by atoms with Gasteiger partial charge in [0.1, 0.15) is 36.0 Å². The third-order valence-electron chi connectivity index (χ3n) is 5.83. The molecule has 0 spiro atoms. The first-order chi connectivity index (χ1) is 13.3. The van der Waals surface area contributed by atoms with Gasteiger partial charge in [-0.15, -0.1) is 0 Å². The Morgan fingerprint density at radius 3 is 2.46 bits per heavy atom. The van der Waals surface area contributed by atoms with Crippen molar-refractivity contribution in [1.29, 1.82) is 0 Å². The Morgan fingerprint density at radius 2 is 1.71 bits per heavy atom. The number of likely N-dealkylation sites (N-methyl/N-ethyl adjacent to an activating group) is 1. The molecule has 6 nitrogen and oxygen atoms in total. The van der Waals surface area contributed by atoms with Crippen LogP contribution in [0.2, 0.25) is 5.02 Å². The Morgan fingerprint density at radius 1 is 1.04 bits per heavy atom. The highest BCUT2D eigenvalue weighted by molar-refractivity contribution is 7.85. The number of benzene rings is 2.